The molecule has 0 aromatic heterocycles. The van der Waals surface area contributed by atoms with E-state index in [0.717, 1.165) is 26.4 Å². The number of rotatable bonds is 1. The van der Waals surface area contributed by atoms with Gasteiger partial charge in [-0.2, -0.15) is 5.26 Å². The van der Waals surface area contributed by atoms with Gasteiger partial charge in [0.25, 0.3) is 0 Å². The van der Waals surface area contributed by atoms with Crippen molar-refractivity contribution in [1.29, 1.82) is 5.26 Å². The molecule has 0 saturated heterocycles. The van der Waals surface area contributed by atoms with Crippen LogP contribution in [0.3, 0.4) is 0 Å². The van der Waals surface area contributed by atoms with Gasteiger partial charge in [-0.25, -0.2) is 0 Å². The average Bonchev–Trinajstić information content (AvgIpc) is 2.61. The summed E-state index contributed by atoms with van der Waals surface area (Å²) in [6.07, 6.45) is 0. The molecular formula is C20H13BrN2O2. The van der Waals surface area contributed by atoms with E-state index in [1.54, 1.807) is 12.1 Å². The minimum absolute atomic E-state index is 0.113. The first-order valence-electron chi connectivity index (χ1n) is 7.67. The Labute approximate surface area is 152 Å². The summed E-state index contributed by atoms with van der Waals surface area (Å²) in [6.45, 7) is 0. The molecule has 0 fully saturated rings. The van der Waals surface area contributed by atoms with Gasteiger partial charge in [0, 0.05) is 10.0 Å². The number of phenolic OH excluding ortho intramolecular Hbond substituents is 1. The Hall–Kier alpha value is -2.97. The van der Waals surface area contributed by atoms with Crippen LogP contribution in [0.4, 0.5) is 0 Å². The predicted molar refractivity (Wildman–Crippen MR) is 99.1 cm³/mol. The number of aromatic hydroxyl groups is 1. The molecule has 3 aromatic rings. The molecule has 1 atom stereocenters. The lowest BCUT2D eigenvalue weighted by atomic mass is 9.81. The van der Waals surface area contributed by atoms with Crippen LogP contribution in [0.2, 0.25) is 0 Å². The summed E-state index contributed by atoms with van der Waals surface area (Å²) in [5, 5.41) is 21.4. The van der Waals surface area contributed by atoms with Crippen LogP contribution >= 0.6 is 15.9 Å². The second kappa shape index (κ2) is 5.83. The first-order valence-corrected chi connectivity index (χ1v) is 8.46. The minimum Gasteiger partial charge on any atom is -0.508 e. The van der Waals surface area contributed by atoms with Crippen LogP contribution in [0.1, 0.15) is 17.0 Å². The number of nitriles is 1. The predicted octanol–water partition coefficient (Wildman–Crippen LogP) is 4.53. The van der Waals surface area contributed by atoms with Gasteiger partial charge in [0.1, 0.15) is 23.1 Å². The van der Waals surface area contributed by atoms with Crippen LogP contribution in [0.15, 0.2) is 70.5 Å². The quantitative estimate of drug-likeness (QED) is 0.637. The number of fused-ring (bicyclic) bond motifs is 3. The lowest BCUT2D eigenvalue weighted by Crippen LogP contribution is -2.21. The molecule has 3 N–H and O–H groups in total. The highest BCUT2D eigenvalue weighted by atomic mass is 79.9. The zero-order chi connectivity index (χ0) is 17.6. The maximum atomic E-state index is 9.95. The zero-order valence-corrected chi connectivity index (χ0v) is 14.6. The maximum Gasteiger partial charge on any atom is 0.205 e. The van der Waals surface area contributed by atoms with Crippen molar-refractivity contribution in [3.8, 4) is 17.6 Å². The van der Waals surface area contributed by atoms with E-state index < -0.39 is 0 Å². The van der Waals surface area contributed by atoms with E-state index in [0.29, 0.717) is 11.3 Å². The van der Waals surface area contributed by atoms with E-state index in [4.69, 9.17) is 10.5 Å². The summed E-state index contributed by atoms with van der Waals surface area (Å²) in [6, 6.07) is 18.9. The van der Waals surface area contributed by atoms with Crippen LogP contribution in [0, 0.1) is 11.3 Å². The maximum absolute atomic E-state index is 9.95. The standard InChI is InChI=1S/C20H13BrN2O2/c21-13-5-1-12(2-6-13)18-16(10-22)20(23)25-17-8-4-11-3-7-14(24)9-15(11)19(17)18/h1-9,18,24H,23H2/t18-/m1/s1. The van der Waals surface area contributed by atoms with Gasteiger partial charge in [0.2, 0.25) is 5.88 Å². The zero-order valence-electron chi connectivity index (χ0n) is 13.0. The molecule has 0 saturated carbocycles. The van der Waals surface area contributed by atoms with Crippen LogP contribution in [-0.2, 0) is 0 Å². The number of nitrogens with zero attached hydrogens (tertiary/aromatic N) is 1. The molecule has 1 heterocycles. The van der Waals surface area contributed by atoms with Gasteiger partial charge >= 0.3 is 0 Å². The number of benzene rings is 3. The molecule has 3 aromatic carbocycles. The first-order chi connectivity index (χ1) is 12.1. The summed E-state index contributed by atoms with van der Waals surface area (Å²) in [5.74, 6) is 0.522. The van der Waals surface area contributed by atoms with Crippen LogP contribution in [-0.4, -0.2) is 5.11 Å². The Balaban J connectivity index is 2.06. The highest BCUT2D eigenvalue weighted by Crippen LogP contribution is 2.46. The van der Waals surface area contributed by atoms with Crippen molar-refractivity contribution in [2.75, 3.05) is 0 Å². The van der Waals surface area contributed by atoms with E-state index in [-0.39, 0.29) is 17.6 Å². The summed E-state index contributed by atoms with van der Waals surface area (Å²) in [5.41, 5.74) is 8.15. The normalized spacial score (nSPS) is 16.2. The minimum atomic E-state index is -0.354. The molecule has 122 valence electrons. The topological polar surface area (TPSA) is 79.3 Å². The number of hydrogen-bond acceptors (Lipinski definition) is 4. The molecule has 0 spiro atoms. The molecule has 25 heavy (non-hydrogen) atoms. The van der Waals surface area contributed by atoms with Crippen molar-refractivity contribution in [2.24, 2.45) is 5.73 Å². The Morgan fingerprint density at radius 2 is 1.80 bits per heavy atom. The fraction of sp³-hybridized carbons (Fsp3) is 0.0500. The third kappa shape index (κ3) is 2.51. The van der Waals surface area contributed by atoms with Crippen LogP contribution in [0.25, 0.3) is 10.8 Å². The van der Waals surface area contributed by atoms with Gasteiger partial charge in [-0.05, 0) is 46.7 Å². The second-order valence-electron chi connectivity index (χ2n) is 5.86. The molecule has 5 heteroatoms. The Kier molecular flexibility index (Phi) is 3.63. The third-order valence-electron chi connectivity index (χ3n) is 4.39. The Bertz CT molecular complexity index is 1070. The lowest BCUT2D eigenvalue weighted by Gasteiger charge is -2.28. The second-order valence-corrected chi connectivity index (χ2v) is 6.77. The van der Waals surface area contributed by atoms with Gasteiger partial charge in [0.15, 0.2) is 0 Å². The average molecular weight is 393 g/mol. The highest BCUT2D eigenvalue weighted by Gasteiger charge is 2.32. The Morgan fingerprint density at radius 3 is 2.52 bits per heavy atom. The summed E-state index contributed by atoms with van der Waals surface area (Å²) < 4.78 is 6.66. The van der Waals surface area contributed by atoms with Crippen molar-refractivity contribution >= 4 is 26.7 Å². The molecular weight excluding hydrogens is 380 g/mol. The molecule has 1 aliphatic heterocycles. The van der Waals surface area contributed by atoms with Gasteiger partial charge in [-0.3, -0.25) is 0 Å². The van der Waals surface area contributed by atoms with Crippen LogP contribution in [0.5, 0.6) is 11.5 Å². The molecule has 1 aliphatic rings. The van der Waals surface area contributed by atoms with Crippen molar-refractivity contribution in [2.45, 2.75) is 5.92 Å². The van der Waals surface area contributed by atoms with E-state index in [9.17, 15) is 10.4 Å². The first kappa shape index (κ1) is 15.6. The molecule has 0 bridgehead atoms. The summed E-state index contributed by atoms with van der Waals surface area (Å²) in [4.78, 5) is 0. The van der Waals surface area contributed by atoms with Gasteiger partial charge in [0.05, 0.1) is 5.92 Å². The number of allylic oxidation sites excluding steroid dienone is 1. The summed E-state index contributed by atoms with van der Waals surface area (Å²) in [7, 11) is 0. The fourth-order valence-electron chi connectivity index (χ4n) is 3.27. The van der Waals surface area contributed by atoms with E-state index in [1.165, 1.54) is 0 Å². The molecule has 0 aliphatic carbocycles. The van der Waals surface area contributed by atoms with Crippen molar-refractivity contribution in [1.82, 2.24) is 0 Å². The van der Waals surface area contributed by atoms with E-state index in [1.807, 2.05) is 42.5 Å². The fourth-order valence-corrected chi connectivity index (χ4v) is 3.53. The number of halogens is 1. The number of ether oxygens (including phenoxy) is 1. The highest BCUT2D eigenvalue weighted by molar-refractivity contribution is 9.10. The smallest absolute Gasteiger partial charge is 0.205 e. The number of nitrogens with two attached hydrogens (primary N) is 1. The molecule has 0 radical (unpaired) electrons. The van der Waals surface area contributed by atoms with Gasteiger partial charge in [-0.15, -0.1) is 0 Å². The van der Waals surface area contributed by atoms with Crippen molar-refractivity contribution < 1.29 is 9.84 Å². The van der Waals surface area contributed by atoms with Crippen molar-refractivity contribution in [3.05, 3.63) is 81.7 Å². The lowest BCUT2D eigenvalue weighted by molar-refractivity contribution is 0.395. The van der Waals surface area contributed by atoms with E-state index in [2.05, 4.69) is 22.0 Å². The largest absolute Gasteiger partial charge is 0.508 e. The van der Waals surface area contributed by atoms with Crippen molar-refractivity contribution in [3.63, 3.8) is 0 Å². The van der Waals surface area contributed by atoms with Crippen LogP contribution < -0.4 is 10.5 Å². The van der Waals surface area contributed by atoms with Gasteiger partial charge in [-0.1, -0.05) is 40.2 Å². The molecule has 0 unspecified atom stereocenters. The Morgan fingerprint density at radius 1 is 1.08 bits per heavy atom. The SMILES string of the molecule is N#CC1=C(N)Oc2ccc3ccc(O)cc3c2[C@@H]1c1ccc(Br)cc1. The monoisotopic (exact) mass is 392 g/mol. The molecule has 4 nitrogen and oxygen atoms in total. The summed E-state index contributed by atoms with van der Waals surface area (Å²) >= 11 is 3.44. The third-order valence-corrected chi connectivity index (χ3v) is 4.92. The number of hydrogen-bond donors (Lipinski definition) is 2. The van der Waals surface area contributed by atoms with Gasteiger partial charge < -0.3 is 15.6 Å². The molecule has 4 rings (SSSR count). The van der Waals surface area contributed by atoms with E-state index >= 15 is 0 Å². The molecule has 0 amide bonds. The number of phenols is 1.